The van der Waals surface area contributed by atoms with E-state index in [4.69, 9.17) is 9.97 Å². The van der Waals surface area contributed by atoms with E-state index in [1.165, 1.54) is 0 Å². The topological polar surface area (TPSA) is 87.2 Å². The molecule has 4 aromatic rings. The van der Waals surface area contributed by atoms with Gasteiger partial charge in [0.05, 0.1) is 11.4 Å². The monoisotopic (exact) mass is 667 g/mol. The van der Waals surface area contributed by atoms with E-state index in [9.17, 15) is 0 Å². The van der Waals surface area contributed by atoms with Crippen LogP contribution in [0.4, 0.5) is 0 Å². The molecule has 0 saturated heterocycles. The standard InChI is InChI=1S/C27H36N8.Pt/c1-25(2,3)15-23-28-17-30-34(23)21-13-9-11-19(32-21)27(7,8)20-12-10-14-22(33-20)35-24(29-18-31-35)16-26(4,5)6;/h9-14,17-18H,15-16H2,1-8H3;. The third-order valence-electron chi connectivity index (χ3n) is 5.80. The maximum atomic E-state index is 5.00. The third-order valence-corrected chi connectivity index (χ3v) is 5.80. The van der Waals surface area contributed by atoms with E-state index < -0.39 is 5.41 Å². The Morgan fingerprint density at radius 1 is 0.611 bits per heavy atom. The number of hydrogen-bond donors (Lipinski definition) is 0. The molecule has 4 heterocycles. The molecule has 0 bridgehead atoms. The Kier molecular flexibility index (Phi) is 7.99. The van der Waals surface area contributed by atoms with Gasteiger partial charge in [0.25, 0.3) is 0 Å². The van der Waals surface area contributed by atoms with Gasteiger partial charge in [-0.05, 0) is 48.9 Å². The van der Waals surface area contributed by atoms with Crippen molar-refractivity contribution in [2.24, 2.45) is 10.8 Å². The first kappa shape index (κ1) is 27.8. The fraction of sp³-hybridized carbons (Fsp3) is 0.481. The number of rotatable bonds is 6. The Morgan fingerprint density at radius 3 is 1.36 bits per heavy atom. The largest absolute Gasteiger partial charge is 0.233 e. The Labute approximate surface area is 228 Å². The van der Waals surface area contributed by atoms with Crippen LogP contribution in [0.25, 0.3) is 11.6 Å². The van der Waals surface area contributed by atoms with Crippen LogP contribution in [0.3, 0.4) is 0 Å². The molecule has 0 aliphatic carbocycles. The minimum Gasteiger partial charge on any atom is -0.233 e. The van der Waals surface area contributed by atoms with Crippen molar-refractivity contribution in [2.75, 3.05) is 0 Å². The van der Waals surface area contributed by atoms with E-state index in [0.29, 0.717) is 0 Å². The molecule has 194 valence electrons. The summed E-state index contributed by atoms with van der Waals surface area (Å²) >= 11 is 0. The van der Waals surface area contributed by atoms with Gasteiger partial charge in [-0.2, -0.15) is 19.6 Å². The molecule has 0 aromatic carbocycles. The van der Waals surface area contributed by atoms with Crippen LogP contribution in [0.5, 0.6) is 0 Å². The average molecular weight is 668 g/mol. The van der Waals surface area contributed by atoms with Gasteiger partial charge in [-0.3, -0.25) is 0 Å². The molecule has 8 nitrogen and oxygen atoms in total. The summed E-state index contributed by atoms with van der Waals surface area (Å²) in [6.45, 7) is 17.4. The average Bonchev–Trinajstić information content (AvgIpc) is 3.41. The van der Waals surface area contributed by atoms with Crippen molar-refractivity contribution in [3.05, 3.63) is 72.1 Å². The maximum absolute atomic E-state index is 5.00. The van der Waals surface area contributed by atoms with Gasteiger partial charge in [-0.1, -0.05) is 53.7 Å². The van der Waals surface area contributed by atoms with Gasteiger partial charge in [-0.25, -0.2) is 19.9 Å². The minimum atomic E-state index is -0.443. The molecular formula is C27H36N8Pt. The predicted molar refractivity (Wildman–Crippen MR) is 137 cm³/mol. The molecule has 4 rings (SSSR count). The van der Waals surface area contributed by atoms with Crippen molar-refractivity contribution in [1.29, 1.82) is 0 Å². The van der Waals surface area contributed by atoms with E-state index in [1.54, 1.807) is 12.7 Å². The molecule has 0 amide bonds. The summed E-state index contributed by atoms with van der Waals surface area (Å²) in [6.07, 6.45) is 4.80. The normalized spacial score (nSPS) is 12.4. The van der Waals surface area contributed by atoms with Crippen LogP contribution >= 0.6 is 0 Å². The summed E-state index contributed by atoms with van der Waals surface area (Å²) in [5.74, 6) is 3.31. The van der Waals surface area contributed by atoms with Crippen LogP contribution in [0.1, 0.15) is 78.4 Å². The van der Waals surface area contributed by atoms with E-state index >= 15 is 0 Å². The van der Waals surface area contributed by atoms with Gasteiger partial charge in [0.15, 0.2) is 11.6 Å². The molecule has 4 aromatic heterocycles. The zero-order chi connectivity index (χ0) is 25.4. The molecule has 0 unspecified atom stereocenters. The Bertz CT molecular complexity index is 1210. The van der Waals surface area contributed by atoms with E-state index in [2.05, 4.69) is 75.6 Å². The van der Waals surface area contributed by atoms with Gasteiger partial charge in [0.2, 0.25) is 0 Å². The summed E-state index contributed by atoms with van der Waals surface area (Å²) in [4.78, 5) is 19.0. The van der Waals surface area contributed by atoms with E-state index in [1.807, 2.05) is 45.8 Å². The molecule has 0 saturated carbocycles. The second kappa shape index (κ2) is 10.3. The molecule has 36 heavy (non-hydrogen) atoms. The first-order valence-corrected chi connectivity index (χ1v) is 12.1. The van der Waals surface area contributed by atoms with Gasteiger partial charge < -0.3 is 0 Å². The molecule has 9 heteroatoms. The summed E-state index contributed by atoms with van der Waals surface area (Å²) in [6, 6.07) is 12.1. The molecule has 0 radical (unpaired) electrons. The van der Waals surface area contributed by atoms with Crippen LogP contribution < -0.4 is 0 Å². The predicted octanol–water partition coefficient (Wildman–Crippen LogP) is 5.14. The van der Waals surface area contributed by atoms with Crippen molar-refractivity contribution in [3.63, 3.8) is 0 Å². The molecule has 0 N–H and O–H groups in total. The summed E-state index contributed by atoms with van der Waals surface area (Å²) in [5.41, 5.74) is 1.57. The smallest absolute Gasteiger partial charge is 0.155 e. The Balaban J connectivity index is 0.00000361. The summed E-state index contributed by atoms with van der Waals surface area (Å²) in [7, 11) is 0. The van der Waals surface area contributed by atoms with Gasteiger partial charge in [-0.15, -0.1) is 0 Å². The van der Waals surface area contributed by atoms with Crippen LogP contribution in [0.15, 0.2) is 49.1 Å². The van der Waals surface area contributed by atoms with Crippen LogP contribution in [0, 0.1) is 10.8 Å². The Hall–Kier alpha value is -2.73. The van der Waals surface area contributed by atoms with Crippen LogP contribution in [-0.4, -0.2) is 39.5 Å². The summed E-state index contributed by atoms with van der Waals surface area (Å²) in [5, 5.41) is 8.92. The van der Waals surface area contributed by atoms with Crippen LogP contribution in [0.2, 0.25) is 0 Å². The van der Waals surface area contributed by atoms with Gasteiger partial charge >= 0.3 is 0 Å². The molecule has 0 aliphatic rings. The Morgan fingerprint density at radius 2 is 1.00 bits per heavy atom. The number of pyridine rings is 2. The zero-order valence-electron chi connectivity index (χ0n) is 22.4. The van der Waals surface area contributed by atoms with E-state index in [-0.39, 0.29) is 31.9 Å². The van der Waals surface area contributed by atoms with Crippen molar-refractivity contribution in [3.8, 4) is 11.6 Å². The molecule has 0 spiro atoms. The summed E-state index contributed by atoms with van der Waals surface area (Å²) < 4.78 is 3.67. The molecule has 0 aliphatic heterocycles. The number of aromatic nitrogens is 8. The zero-order valence-corrected chi connectivity index (χ0v) is 24.7. The van der Waals surface area contributed by atoms with Crippen molar-refractivity contribution >= 4 is 0 Å². The van der Waals surface area contributed by atoms with Crippen LogP contribution in [-0.2, 0) is 39.3 Å². The van der Waals surface area contributed by atoms with Gasteiger partial charge in [0, 0.05) is 39.3 Å². The molecular weight excluding hydrogens is 631 g/mol. The third kappa shape index (κ3) is 6.33. The van der Waals surface area contributed by atoms with Crippen molar-refractivity contribution < 1.29 is 21.1 Å². The molecule has 0 fully saturated rings. The second-order valence-electron chi connectivity index (χ2n) is 12.0. The fourth-order valence-corrected chi connectivity index (χ4v) is 4.01. The van der Waals surface area contributed by atoms with Crippen molar-refractivity contribution in [1.82, 2.24) is 39.5 Å². The van der Waals surface area contributed by atoms with Gasteiger partial charge in [0.1, 0.15) is 24.3 Å². The quantitative estimate of drug-likeness (QED) is 0.283. The first-order valence-electron chi connectivity index (χ1n) is 12.1. The SMILES string of the molecule is CC(C)(C)Cc1ncnn1-c1cccc(C(C)(C)c2cccc(-n3ncnc3CC(C)(C)C)n2)n1.[Pt]. The fourth-order valence-electron chi connectivity index (χ4n) is 4.01. The first-order chi connectivity index (χ1) is 16.3. The number of hydrogen-bond acceptors (Lipinski definition) is 6. The van der Waals surface area contributed by atoms with E-state index in [0.717, 1.165) is 47.5 Å². The minimum absolute atomic E-state index is 0. The number of nitrogens with zero attached hydrogens (tertiary/aromatic N) is 8. The maximum Gasteiger partial charge on any atom is 0.155 e. The van der Waals surface area contributed by atoms with Crippen molar-refractivity contribution in [2.45, 2.75) is 73.6 Å². The molecule has 0 atom stereocenters. The second-order valence-corrected chi connectivity index (χ2v) is 12.0.